The van der Waals surface area contributed by atoms with E-state index in [0.717, 1.165) is 39.3 Å². The number of carbonyl (C=O) groups is 2. The summed E-state index contributed by atoms with van der Waals surface area (Å²) in [5.41, 5.74) is 1.75. The second-order valence-electron chi connectivity index (χ2n) is 8.25. The number of hydrogen-bond acceptors (Lipinski definition) is 7. The first kappa shape index (κ1) is 24.4. The van der Waals surface area contributed by atoms with Gasteiger partial charge in [-0.2, -0.15) is 0 Å². The number of carbonyl (C=O) groups excluding carboxylic acids is 2. The molecule has 1 aliphatic heterocycles. The number of hydrogen-bond donors (Lipinski definition) is 2. The highest BCUT2D eigenvalue weighted by molar-refractivity contribution is 6.02. The number of nitrogens with zero attached hydrogens (tertiary/aromatic N) is 2. The molecule has 0 bridgehead atoms. The molecule has 1 saturated heterocycles. The van der Waals surface area contributed by atoms with Gasteiger partial charge < -0.3 is 24.8 Å². The fourth-order valence-electron chi connectivity index (χ4n) is 3.94. The molecule has 0 spiro atoms. The third-order valence-electron chi connectivity index (χ3n) is 5.71. The first-order valence-corrected chi connectivity index (χ1v) is 11.6. The number of morpholine rings is 1. The molecule has 35 heavy (non-hydrogen) atoms. The number of nitrogens with one attached hydrogen (secondary N) is 2. The summed E-state index contributed by atoms with van der Waals surface area (Å²) in [6.07, 6.45) is 2.50. The Morgan fingerprint density at radius 1 is 1.09 bits per heavy atom. The molecule has 9 nitrogen and oxygen atoms in total. The zero-order chi connectivity index (χ0) is 24.6. The average Bonchev–Trinajstić information content (AvgIpc) is 2.87. The molecule has 1 aromatic heterocycles. The highest BCUT2D eigenvalue weighted by Crippen LogP contribution is 2.33. The molecule has 3 aromatic rings. The molecule has 4 rings (SSSR count). The van der Waals surface area contributed by atoms with E-state index in [-0.39, 0.29) is 11.8 Å². The first-order chi connectivity index (χ1) is 17.0. The molecule has 0 radical (unpaired) electrons. The summed E-state index contributed by atoms with van der Waals surface area (Å²) in [5.74, 6) is 1.26. The van der Waals surface area contributed by atoms with E-state index in [0.29, 0.717) is 45.9 Å². The van der Waals surface area contributed by atoms with E-state index < -0.39 is 0 Å². The van der Waals surface area contributed by atoms with Crippen LogP contribution in [-0.4, -0.2) is 68.2 Å². The Hall–Kier alpha value is -3.69. The molecular formula is C26H30N4O5. The number of benzene rings is 2. The van der Waals surface area contributed by atoms with Gasteiger partial charge in [-0.1, -0.05) is 0 Å². The summed E-state index contributed by atoms with van der Waals surface area (Å²) in [6, 6.07) is 12.3. The fourth-order valence-corrected chi connectivity index (χ4v) is 3.94. The predicted octanol–water partition coefficient (Wildman–Crippen LogP) is 3.45. The van der Waals surface area contributed by atoms with Crippen molar-refractivity contribution in [2.24, 2.45) is 0 Å². The van der Waals surface area contributed by atoms with Crippen LogP contribution < -0.4 is 20.1 Å². The fraction of sp³-hybridized carbons (Fsp3) is 0.346. The third kappa shape index (κ3) is 6.46. The molecule has 2 amide bonds. The maximum Gasteiger partial charge on any atom is 0.255 e. The van der Waals surface area contributed by atoms with E-state index in [9.17, 15) is 9.59 Å². The van der Waals surface area contributed by atoms with Gasteiger partial charge in [0, 0.05) is 49.9 Å². The van der Waals surface area contributed by atoms with Gasteiger partial charge in [-0.3, -0.25) is 19.5 Å². The van der Waals surface area contributed by atoms with Crippen LogP contribution in [0.25, 0.3) is 10.9 Å². The summed E-state index contributed by atoms with van der Waals surface area (Å²) >= 11 is 0. The van der Waals surface area contributed by atoms with E-state index in [4.69, 9.17) is 14.2 Å². The lowest BCUT2D eigenvalue weighted by molar-refractivity contribution is -0.114. The van der Waals surface area contributed by atoms with Crippen LogP contribution in [0.5, 0.6) is 17.2 Å². The lowest BCUT2D eigenvalue weighted by Crippen LogP contribution is -2.38. The Morgan fingerprint density at radius 3 is 2.57 bits per heavy atom. The molecule has 2 heterocycles. The lowest BCUT2D eigenvalue weighted by Gasteiger charge is -2.26. The molecule has 1 fully saturated rings. The quantitative estimate of drug-likeness (QED) is 0.454. The second-order valence-corrected chi connectivity index (χ2v) is 8.25. The summed E-state index contributed by atoms with van der Waals surface area (Å²) in [5, 5.41) is 6.42. The Morgan fingerprint density at radius 2 is 1.86 bits per heavy atom. The predicted molar refractivity (Wildman–Crippen MR) is 133 cm³/mol. The van der Waals surface area contributed by atoms with Crippen molar-refractivity contribution in [3.63, 3.8) is 0 Å². The molecule has 0 unspecified atom stereocenters. The molecule has 9 heteroatoms. The van der Waals surface area contributed by atoms with Crippen molar-refractivity contribution in [2.75, 3.05) is 51.8 Å². The smallest absolute Gasteiger partial charge is 0.255 e. The number of ether oxygens (including phenoxy) is 3. The Balaban J connectivity index is 1.48. The van der Waals surface area contributed by atoms with Crippen LogP contribution in [-0.2, 0) is 9.53 Å². The van der Waals surface area contributed by atoms with Crippen molar-refractivity contribution in [3.8, 4) is 17.2 Å². The largest absolute Gasteiger partial charge is 0.496 e. The molecule has 184 valence electrons. The summed E-state index contributed by atoms with van der Waals surface area (Å²) in [7, 11) is 1.54. The minimum Gasteiger partial charge on any atom is -0.496 e. The normalized spacial score (nSPS) is 13.9. The SMILES string of the molecule is COc1cc2nccc(Oc3ccc(NC(C)=O)cc3)c2cc1C(=O)NCCCN1CCOCC1. The van der Waals surface area contributed by atoms with Gasteiger partial charge in [0.05, 0.1) is 31.4 Å². The summed E-state index contributed by atoms with van der Waals surface area (Å²) < 4.78 is 16.9. The minimum atomic E-state index is -0.208. The Labute approximate surface area is 204 Å². The van der Waals surface area contributed by atoms with Crippen molar-refractivity contribution in [3.05, 3.63) is 54.2 Å². The van der Waals surface area contributed by atoms with Crippen LogP contribution in [0.3, 0.4) is 0 Å². The Bertz CT molecular complexity index is 1180. The number of amides is 2. The molecular weight excluding hydrogens is 448 g/mol. The maximum atomic E-state index is 13.0. The number of methoxy groups -OCH3 is 1. The van der Waals surface area contributed by atoms with Crippen LogP contribution in [0.15, 0.2) is 48.7 Å². The number of rotatable bonds is 9. The van der Waals surface area contributed by atoms with Crippen molar-refractivity contribution in [2.45, 2.75) is 13.3 Å². The van der Waals surface area contributed by atoms with Gasteiger partial charge in [-0.25, -0.2) is 0 Å². The van der Waals surface area contributed by atoms with E-state index in [1.165, 1.54) is 14.0 Å². The minimum absolute atomic E-state index is 0.139. The Kier molecular flexibility index (Phi) is 8.12. The molecule has 0 aliphatic carbocycles. The third-order valence-corrected chi connectivity index (χ3v) is 5.71. The maximum absolute atomic E-state index is 13.0. The van der Waals surface area contributed by atoms with Crippen molar-refractivity contribution in [1.82, 2.24) is 15.2 Å². The standard InChI is InChI=1S/C26H30N4O5/c1-18(31)29-19-4-6-20(7-5-19)35-24-8-10-27-23-17-25(33-2)22(16-21(23)24)26(32)28-9-3-11-30-12-14-34-15-13-30/h4-8,10,16-17H,3,9,11-15H2,1-2H3,(H,28,32)(H,29,31). The molecule has 2 aromatic carbocycles. The zero-order valence-electron chi connectivity index (χ0n) is 20.0. The van der Waals surface area contributed by atoms with Gasteiger partial charge in [0.1, 0.15) is 17.2 Å². The van der Waals surface area contributed by atoms with Gasteiger partial charge in [0.2, 0.25) is 5.91 Å². The van der Waals surface area contributed by atoms with Crippen LogP contribution in [0.1, 0.15) is 23.7 Å². The summed E-state index contributed by atoms with van der Waals surface area (Å²) in [6.45, 7) is 6.32. The van der Waals surface area contributed by atoms with Crippen molar-refractivity contribution >= 4 is 28.4 Å². The van der Waals surface area contributed by atoms with Gasteiger partial charge in [0.15, 0.2) is 0 Å². The molecule has 0 saturated carbocycles. The average molecular weight is 479 g/mol. The van der Waals surface area contributed by atoms with E-state index in [2.05, 4.69) is 20.5 Å². The van der Waals surface area contributed by atoms with E-state index in [1.807, 2.05) is 0 Å². The molecule has 1 aliphatic rings. The van der Waals surface area contributed by atoms with Gasteiger partial charge in [-0.15, -0.1) is 0 Å². The van der Waals surface area contributed by atoms with E-state index >= 15 is 0 Å². The molecule has 2 N–H and O–H groups in total. The van der Waals surface area contributed by atoms with Crippen molar-refractivity contribution in [1.29, 1.82) is 0 Å². The van der Waals surface area contributed by atoms with Crippen LogP contribution >= 0.6 is 0 Å². The van der Waals surface area contributed by atoms with Crippen molar-refractivity contribution < 1.29 is 23.8 Å². The van der Waals surface area contributed by atoms with Gasteiger partial charge >= 0.3 is 0 Å². The first-order valence-electron chi connectivity index (χ1n) is 11.6. The number of fused-ring (bicyclic) bond motifs is 1. The highest BCUT2D eigenvalue weighted by Gasteiger charge is 2.17. The monoisotopic (exact) mass is 478 g/mol. The zero-order valence-corrected chi connectivity index (χ0v) is 20.0. The van der Waals surface area contributed by atoms with E-state index in [1.54, 1.807) is 48.7 Å². The number of anilines is 1. The molecule has 0 atom stereocenters. The summed E-state index contributed by atoms with van der Waals surface area (Å²) in [4.78, 5) is 31.0. The van der Waals surface area contributed by atoms with Gasteiger partial charge in [-0.05, 0) is 49.4 Å². The number of pyridine rings is 1. The topological polar surface area (TPSA) is 102 Å². The van der Waals surface area contributed by atoms with Crippen LogP contribution in [0.2, 0.25) is 0 Å². The number of aromatic nitrogens is 1. The second kappa shape index (κ2) is 11.6. The van der Waals surface area contributed by atoms with Crippen LogP contribution in [0.4, 0.5) is 5.69 Å². The lowest BCUT2D eigenvalue weighted by atomic mass is 10.1. The van der Waals surface area contributed by atoms with Gasteiger partial charge in [0.25, 0.3) is 5.91 Å². The van der Waals surface area contributed by atoms with Crippen LogP contribution in [0, 0.1) is 0 Å². The highest BCUT2D eigenvalue weighted by atomic mass is 16.5.